The molecule has 2 unspecified atom stereocenters. The van der Waals surface area contributed by atoms with Gasteiger partial charge in [0.2, 0.25) is 0 Å². The summed E-state index contributed by atoms with van der Waals surface area (Å²) in [7, 11) is 0. The minimum atomic E-state index is -0.0349. The van der Waals surface area contributed by atoms with Gasteiger partial charge in [-0.2, -0.15) is 11.8 Å². The number of carbonyl (C=O) groups is 1. The quantitative estimate of drug-likeness (QED) is 0.830. The predicted molar refractivity (Wildman–Crippen MR) is 96.3 cm³/mol. The first-order valence-corrected chi connectivity index (χ1v) is 9.80. The lowest BCUT2D eigenvalue weighted by atomic mass is 10.2. The average Bonchev–Trinajstić information content (AvgIpc) is 3.04. The number of thioether (sulfide) groups is 1. The number of benzene rings is 1. The molecule has 3 nitrogen and oxygen atoms in total. The standard InChI is InChI=1S/C15H17BrN2OS2/c1-20-9-6-5-8(7-9)18-15(19)14-13(17)12-10(16)3-2-4-11(12)21-14/h2-4,8-9H,5-7,17H2,1H3,(H,18,19). The van der Waals surface area contributed by atoms with Gasteiger partial charge in [-0.3, -0.25) is 4.79 Å². The van der Waals surface area contributed by atoms with E-state index in [0.717, 1.165) is 27.4 Å². The highest BCUT2D eigenvalue weighted by molar-refractivity contribution is 9.10. The van der Waals surface area contributed by atoms with Crippen LogP contribution in [0.3, 0.4) is 0 Å². The lowest BCUT2D eigenvalue weighted by Crippen LogP contribution is -2.32. The molecule has 2 aromatic rings. The molecule has 1 aromatic carbocycles. The van der Waals surface area contributed by atoms with Crippen LogP contribution < -0.4 is 11.1 Å². The van der Waals surface area contributed by atoms with Crippen LogP contribution in [0.15, 0.2) is 22.7 Å². The molecule has 112 valence electrons. The van der Waals surface area contributed by atoms with Crippen molar-refractivity contribution in [3.05, 3.63) is 27.5 Å². The Morgan fingerprint density at radius 1 is 1.48 bits per heavy atom. The molecule has 1 saturated carbocycles. The topological polar surface area (TPSA) is 55.1 Å². The average molecular weight is 385 g/mol. The SMILES string of the molecule is CSC1CCC(NC(=O)c2sc3cccc(Br)c3c2N)C1. The second kappa shape index (κ2) is 6.18. The van der Waals surface area contributed by atoms with E-state index in [1.807, 2.05) is 30.0 Å². The van der Waals surface area contributed by atoms with E-state index in [9.17, 15) is 4.79 Å². The van der Waals surface area contributed by atoms with Crippen molar-refractivity contribution in [2.75, 3.05) is 12.0 Å². The normalized spacial score (nSPS) is 21.8. The van der Waals surface area contributed by atoms with Crippen LogP contribution in [-0.2, 0) is 0 Å². The van der Waals surface area contributed by atoms with Gasteiger partial charge in [0.15, 0.2) is 0 Å². The highest BCUT2D eigenvalue weighted by atomic mass is 79.9. The number of nitrogens with one attached hydrogen (secondary N) is 1. The van der Waals surface area contributed by atoms with Crippen molar-refractivity contribution in [3.63, 3.8) is 0 Å². The lowest BCUT2D eigenvalue weighted by Gasteiger charge is -2.12. The maximum Gasteiger partial charge on any atom is 0.263 e. The molecule has 0 saturated heterocycles. The van der Waals surface area contributed by atoms with Gasteiger partial charge < -0.3 is 11.1 Å². The van der Waals surface area contributed by atoms with Crippen molar-refractivity contribution in [2.45, 2.75) is 30.6 Å². The number of nitrogen functional groups attached to an aromatic ring is 1. The van der Waals surface area contributed by atoms with Crippen LogP contribution in [0.1, 0.15) is 28.9 Å². The minimum absolute atomic E-state index is 0.0349. The van der Waals surface area contributed by atoms with Crippen LogP contribution in [0.25, 0.3) is 10.1 Å². The fourth-order valence-electron chi connectivity index (χ4n) is 2.83. The monoisotopic (exact) mass is 384 g/mol. The van der Waals surface area contributed by atoms with Crippen LogP contribution in [0, 0.1) is 0 Å². The Balaban J connectivity index is 1.82. The summed E-state index contributed by atoms with van der Waals surface area (Å²) in [6.45, 7) is 0. The van der Waals surface area contributed by atoms with E-state index >= 15 is 0 Å². The van der Waals surface area contributed by atoms with Crippen LogP contribution in [-0.4, -0.2) is 23.5 Å². The Hall–Kier alpha value is -0.720. The molecule has 6 heteroatoms. The van der Waals surface area contributed by atoms with Gasteiger partial charge in [0.05, 0.1) is 5.69 Å². The van der Waals surface area contributed by atoms with Gasteiger partial charge in [0.1, 0.15) is 4.88 Å². The third-order valence-electron chi connectivity index (χ3n) is 3.96. The molecule has 0 aliphatic heterocycles. The zero-order valence-electron chi connectivity index (χ0n) is 11.7. The first-order valence-electron chi connectivity index (χ1n) is 6.90. The molecular weight excluding hydrogens is 368 g/mol. The molecule has 1 fully saturated rings. The minimum Gasteiger partial charge on any atom is -0.397 e. The fraction of sp³-hybridized carbons (Fsp3) is 0.400. The molecule has 3 rings (SSSR count). The van der Waals surface area contributed by atoms with Crippen LogP contribution in [0.5, 0.6) is 0 Å². The Kier molecular flexibility index (Phi) is 4.47. The van der Waals surface area contributed by atoms with E-state index in [0.29, 0.717) is 15.8 Å². The highest BCUT2D eigenvalue weighted by Gasteiger charge is 2.27. The summed E-state index contributed by atoms with van der Waals surface area (Å²) in [4.78, 5) is 13.1. The van der Waals surface area contributed by atoms with Crippen LogP contribution in [0.2, 0.25) is 0 Å². The van der Waals surface area contributed by atoms with E-state index in [2.05, 4.69) is 27.5 Å². The first-order chi connectivity index (χ1) is 10.1. The molecule has 0 bridgehead atoms. The number of nitrogens with two attached hydrogens (primary N) is 1. The second-order valence-corrected chi connectivity index (χ2v) is 8.34. The Bertz CT molecular complexity index is 686. The highest BCUT2D eigenvalue weighted by Crippen LogP contribution is 2.38. The molecule has 1 aromatic heterocycles. The van der Waals surface area contributed by atoms with E-state index in [1.165, 1.54) is 17.8 Å². The van der Waals surface area contributed by atoms with Gasteiger partial charge in [0, 0.05) is 25.9 Å². The zero-order chi connectivity index (χ0) is 15.0. The van der Waals surface area contributed by atoms with E-state index in [-0.39, 0.29) is 11.9 Å². The molecule has 0 spiro atoms. The number of amides is 1. The number of rotatable bonds is 3. The maximum absolute atomic E-state index is 12.5. The summed E-state index contributed by atoms with van der Waals surface area (Å²) >= 11 is 6.86. The molecule has 3 N–H and O–H groups in total. The molecule has 2 atom stereocenters. The molecule has 1 aliphatic carbocycles. The van der Waals surface area contributed by atoms with Gasteiger partial charge in [-0.15, -0.1) is 11.3 Å². The zero-order valence-corrected chi connectivity index (χ0v) is 14.9. The van der Waals surface area contributed by atoms with Crippen LogP contribution in [0.4, 0.5) is 5.69 Å². The summed E-state index contributed by atoms with van der Waals surface area (Å²) < 4.78 is 1.98. The van der Waals surface area contributed by atoms with E-state index in [4.69, 9.17) is 5.73 Å². The summed E-state index contributed by atoms with van der Waals surface area (Å²) in [5, 5.41) is 4.76. The second-order valence-electron chi connectivity index (χ2n) is 5.30. The van der Waals surface area contributed by atoms with Crippen molar-refractivity contribution < 1.29 is 4.79 Å². The lowest BCUT2D eigenvalue weighted by molar-refractivity contribution is 0.0943. The molecule has 1 amide bonds. The summed E-state index contributed by atoms with van der Waals surface area (Å²) in [5.74, 6) is -0.0349. The Labute approximate surface area is 140 Å². The van der Waals surface area contributed by atoms with Gasteiger partial charge in [-0.25, -0.2) is 0 Å². The first kappa shape index (κ1) is 15.2. The number of anilines is 1. The number of thiophene rings is 1. The number of fused-ring (bicyclic) bond motifs is 1. The molecule has 21 heavy (non-hydrogen) atoms. The van der Waals surface area contributed by atoms with Crippen molar-refractivity contribution in [3.8, 4) is 0 Å². The fourth-order valence-corrected chi connectivity index (χ4v) is 5.39. The van der Waals surface area contributed by atoms with E-state index in [1.54, 1.807) is 0 Å². The Morgan fingerprint density at radius 3 is 2.95 bits per heavy atom. The summed E-state index contributed by atoms with van der Waals surface area (Å²) in [6, 6.07) is 6.19. The van der Waals surface area contributed by atoms with Crippen molar-refractivity contribution in [1.29, 1.82) is 0 Å². The summed E-state index contributed by atoms with van der Waals surface area (Å²) in [6.07, 6.45) is 5.43. The molecular formula is C15H17BrN2OS2. The van der Waals surface area contributed by atoms with Gasteiger partial charge in [-0.1, -0.05) is 22.0 Å². The van der Waals surface area contributed by atoms with Crippen LogP contribution >= 0.6 is 39.0 Å². The predicted octanol–water partition coefficient (Wildman–Crippen LogP) is 4.26. The maximum atomic E-state index is 12.5. The van der Waals surface area contributed by atoms with E-state index < -0.39 is 0 Å². The largest absolute Gasteiger partial charge is 0.397 e. The van der Waals surface area contributed by atoms with Gasteiger partial charge in [0.25, 0.3) is 5.91 Å². The van der Waals surface area contributed by atoms with Crippen molar-refractivity contribution in [1.82, 2.24) is 5.32 Å². The number of hydrogen-bond acceptors (Lipinski definition) is 4. The van der Waals surface area contributed by atoms with Gasteiger partial charge >= 0.3 is 0 Å². The smallest absolute Gasteiger partial charge is 0.263 e. The Morgan fingerprint density at radius 2 is 2.29 bits per heavy atom. The summed E-state index contributed by atoms with van der Waals surface area (Å²) in [5.41, 5.74) is 6.77. The molecule has 1 heterocycles. The van der Waals surface area contributed by atoms with Gasteiger partial charge in [-0.05, 0) is 37.7 Å². The van der Waals surface area contributed by atoms with Crippen molar-refractivity contribution in [2.24, 2.45) is 0 Å². The number of carbonyl (C=O) groups excluding carboxylic acids is 1. The third kappa shape index (κ3) is 2.94. The number of halogens is 1. The van der Waals surface area contributed by atoms with Crippen molar-refractivity contribution >= 4 is 60.7 Å². The molecule has 0 radical (unpaired) electrons. The molecule has 1 aliphatic rings. The number of hydrogen-bond donors (Lipinski definition) is 2. The third-order valence-corrected chi connectivity index (χ3v) is 6.89.